The molecule has 0 bridgehead atoms. The first kappa shape index (κ1) is 32.5. The van der Waals surface area contributed by atoms with Crippen molar-refractivity contribution in [2.24, 2.45) is 0 Å². The lowest BCUT2D eigenvalue weighted by Crippen LogP contribution is -3.00. The maximum atomic E-state index is 2.65. The standard InChI is InChI=1S/C33H60N.ClH/c1-11-13-14-15-16-17-18-19-20-21-24-34(9,10)33(7,8)28-26-30-29(25-27(28)12-2)31(3,4)22-23-32(30,5)6;/h25-26H,11-24H2,1-10H3;1H/q+1;/p-1. The third kappa shape index (κ3) is 7.98. The Hall–Kier alpha value is -0.530. The van der Waals surface area contributed by atoms with Gasteiger partial charge >= 0.3 is 0 Å². The SMILES string of the molecule is CCCCCCCCCCCC[N+](C)(C)C(C)(C)c1cc2c(cc1CC)C(C)(C)CCC2(C)C.[Cl-]. The molecule has 0 aliphatic heterocycles. The van der Waals surface area contributed by atoms with Crippen molar-refractivity contribution in [1.29, 1.82) is 0 Å². The van der Waals surface area contributed by atoms with E-state index in [0.29, 0.717) is 0 Å². The molecule has 0 spiro atoms. The Labute approximate surface area is 226 Å². The summed E-state index contributed by atoms with van der Waals surface area (Å²) in [4.78, 5) is 0. The number of rotatable bonds is 14. The van der Waals surface area contributed by atoms with Crippen LogP contribution in [-0.4, -0.2) is 25.1 Å². The van der Waals surface area contributed by atoms with Crippen LogP contribution in [0.1, 0.15) is 155 Å². The molecular weight excluding hydrogens is 446 g/mol. The molecule has 2 rings (SSSR count). The average molecular weight is 506 g/mol. The quantitative estimate of drug-likeness (QED) is 0.192. The second kappa shape index (κ2) is 13.3. The van der Waals surface area contributed by atoms with Gasteiger partial charge in [-0.25, -0.2) is 0 Å². The van der Waals surface area contributed by atoms with E-state index >= 15 is 0 Å². The fourth-order valence-electron chi connectivity index (χ4n) is 6.12. The summed E-state index contributed by atoms with van der Waals surface area (Å²) in [6.07, 6.45) is 17.8. The molecular formula is C33H60ClN. The maximum absolute atomic E-state index is 2.65. The largest absolute Gasteiger partial charge is 1.00 e. The molecule has 0 fully saturated rings. The third-order valence-electron chi connectivity index (χ3n) is 9.70. The minimum atomic E-state index is 0. The van der Waals surface area contributed by atoms with Crippen molar-refractivity contribution in [2.45, 2.75) is 155 Å². The predicted molar refractivity (Wildman–Crippen MR) is 153 cm³/mol. The van der Waals surface area contributed by atoms with E-state index in [0.717, 1.165) is 10.9 Å². The van der Waals surface area contributed by atoms with E-state index in [-0.39, 0.29) is 28.8 Å². The first-order valence-corrected chi connectivity index (χ1v) is 14.8. The molecule has 0 saturated carbocycles. The van der Waals surface area contributed by atoms with E-state index < -0.39 is 0 Å². The lowest BCUT2D eigenvalue weighted by Gasteiger charge is -2.48. The lowest BCUT2D eigenvalue weighted by atomic mass is 9.62. The van der Waals surface area contributed by atoms with Gasteiger partial charge in [-0.2, -0.15) is 0 Å². The molecule has 1 aliphatic rings. The van der Waals surface area contributed by atoms with Gasteiger partial charge in [-0.15, -0.1) is 0 Å². The molecule has 0 unspecified atom stereocenters. The van der Waals surface area contributed by atoms with Crippen molar-refractivity contribution in [3.05, 3.63) is 34.4 Å². The monoisotopic (exact) mass is 505 g/mol. The zero-order valence-corrected chi connectivity index (χ0v) is 26.1. The van der Waals surface area contributed by atoms with E-state index in [9.17, 15) is 0 Å². The highest BCUT2D eigenvalue weighted by Gasteiger charge is 2.43. The fraction of sp³-hybridized carbons (Fsp3) is 0.818. The number of fused-ring (bicyclic) bond motifs is 1. The minimum Gasteiger partial charge on any atom is -1.00 e. The molecule has 0 radical (unpaired) electrons. The summed E-state index contributed by atoms with van der Waals surface area (Å²) in [6, 6.07) is 5.25. The maximum Gasteiger partial charge on any atom is 0.119 e. The highest BCUT2D eigenvalue weighted by molar-refractivity contribution is 5.48. The van der Waals surface area contributed by atoms with Crippen LogP contribution < -0.4 is 12.4 Å². The normalized spacial score (nSPS) is 17.1. The van der Waals surface area contributed by atoms with Gasteiger partial charge in [0.1, 0.15) is 5.54 Å². The lowest BCUT2D eigenvalue weighted by molar-refractivity contribution is -0.945. The van der Waals surface area contributed by atoms with Gasteiger partial charge in [0.05, 0.1) is 20.6 Å². The molecule has 35 heavy (non-hydrogen) atoms. The van der Waals surface area contributed by atoms with Crippen molar-refractivity contribution >= 4 is 0 Å². The van der Waals surface area contributed by atoms with Gasteiger partial charge in [-0.3, -0.25) is 0 Å². The molecule has 0 amide bonds. The molecule has 1 aliphatic carbocycles. The van der Waals surface area contributed by atoms with Crippen LogP contribution >= 0.6 is 0 Å². The first-order chi connectivity index (χ1) is 15.8. The van der Waals surface area contributed by atoms with E-state index in [4.69, 9.17) is 0 Å². The summed E-state index contributed by atoms with van der Waals surface area (Å²) in [6.45, 7) is 20.8. The smallest absolute Gasteiger partial charge is 0.119 e. The highest BCUT2D eigenvalue weighted by atomic mass is 35.5. The van der Waals surface area contributed by atoms with Gasteiger partial charge in [0, 0.05) is 5.56 Å². The molecule has 0 atom stereocenters. The summed E-state index contributed by atoms with van der Waals surface area (Å²) in [5.74, 6) is 0. The van der Waals surface area contributed by atoms with Gasteiger partial charge in [0.2, 0.25) is 0 Å². The third-order valence-corrected chi connectivity index (χ3v) is 9.70. The fourth-order valence-corrected chi connectivity index (χ4v) is 6.12. The van der Waals surface area contributed by atoms with E-state index in [1.54, 1.807) is 22.3 Å². The van der Waals surface area contributed by atoms with Crippen LogP contribution in [0, 0.1) is 0 Å². The summed E-state index contributed by atoms with van der Waals surface area (Å²) < 4.78 is 1.07. The number of hydrogen-bond donors (Lipinski definition) is 0. The zero-order chi connectivity index (χ0) is 25.6. The summed E-state index contributed by atoms with van der Waals surface area (Å²) >= 11 is 0. The van der Waals surface area contributed by atoms with Crippen LogP contribution in [0.4, 0.5) is 0 Å². The molecule has 204 valence electrons. The van der Waals surface area contributed by atoms with Crippen molar-refractivity contribution in [1.82, 2.24) is 0 Å². The number of halogens is 1. The highest BCUT2D eigenvalue weighted by Crippen LogP contribution is 2.48. The molecule has 0 N–H and O–H groups in total. The predicted octanol–water partition coefficient (Wildman–Crippen LogP) is 6.83. The van der Waals surface area contributed by atoms with Crippen molar-refractivity contribution in [3.63, 3.8) is 0 Å². The Morgan fingerprint density at radius 1 is 0.714 bits per heavy atom. The number of aryl methyl sites for hydroxylation is 1. The van der Waals surface area contributed by atoms with E-state index in [2.05, 4.69) is 81.6 Å². The van der Waals surface area contributed by atoms with Crippen LogP contribution in [0.2, 0.25) is 0 Å². The van der Waals surface area contributed by atoms with Crippen molar-refractivity contribution in [3.8, 4) is 0 Å². The summed E-state index contributed by atoms with van der Waals surface area (Å²) in [5.41, 5.74) is 7.06. The molecule has 1 aromatic rings. The Kier molecular flexibility index (Phi) is 12.4. The second-order valence-corrected chi connectivity index (χ2v) is 13.8. The van der Waals surface area contributed by atoms with Gasteiger partial charge in [-0.1, -0.05) is 99.0 Å². The van der Waals surface area contributed by atoms with Crippen molar-refractivity contribution < 1.29 is 16.9 Å². The van der Waals surface area contributed by atoms with Crippen LogP contribution in [-0.2, 0) is 22.8 Å². The number of nitrogens with zero attached hydrogens (tertiary/aromatic N) is 1. The summed E-state index contributed by atoms with van der Waals surface area (Å²) in [7, 11) is 4.95. The second-order valence-electron chi connectivity index (χ2n) is 13.8. The Morgan fingerprint density at radius 3 is 1.60 bits per heavy atom. The van der Waals surface area contributed by atoms with Gasteiger partial charge in [-0.05, 0) is 79.5 Å². The molecule has 2 heteroatoms. The summed E-state index contributed by atoms with van der Waals surface area (Å²) in [5, 5.41) is 0. The number of benzene rings is 1. The Morgan fingerprint density at radius 2 is 1.14 bits per heavy atom. The van der Waals surface area contributed by atoms with E-state index in [1.807, 2.05) is 0 Å². The Bertz CT molecular complexity index is 772. The van der Waals surface area contributed by atoms with Crippen LogP contribution in [0.5, 0.6) is 0 Å². The molecule has 0 aromatic heterocycles. The number of unbranched alkanes of at least 4 members (excludes halogenated alkanes) is 9. The number of quaternary nitrogens is 1. The van der Waals surface area contributed by atoms with Gasteiger partial charge < -0.3 is 16.9 Å². The van der Waals surface area contributed by atoms with E-state index in [1.165, 1.54) is 83.6 Å². The van der Waals surface area contributed by atoms with Crippen LogP contribution in [0.25, 0.3) is 0 Å². The van der Waals surface area contributed by atoms with Crippen LogP contribution in [0.3, 0.4) is 0 Å². The van der Waals surface area contributed by atoms with Crippen LogP contribution in [0.15, 0.2) is 12.1 Å². The van der Waals surface area contributed by atoms with Gasteiger partial charge in [0.15, 0.2) is 0 Å². The first-order valence-electron chi connectivity index (χ1n) is 14.8. The zero-order valence-electron chi connectivity index (χ0n) is 25.4. The topological polar surface area (TPSA) is 0 Å². The average Bonchev–Trinajstić information content (AvgIpc) is 2.77. The Balaban J connectivity index is 0.00000612. The molecule has 1 aromatic carbocycles. The van der Waals surface area contributed by atoms with Crippen molar-refractivity contribution in [2.75, 3.05) is 20.6 Å². The molecule has 1 nitrogen and oxygen atoms in total. The molecule has 0 saturated heterocycles. The number of hydrogen-bond acceptors (Lipinski definition) is 0. The molecule has 0 heterocycles. The van der Waals surface area contributed by atoms with Gasteiger partial charge in [0.25, 0.3) is 0 Å². The minimum absolute atomic E-state index is 0.